The number of likely N-dealkylation sites (N-methyl/N-ethyl adjacent to an activating group) is 1. The Kier molecular flexibility index (Phi) is 7.74. The first-order valence-electron chi connectivity index (χ1n) is 13.8. The third-order valence-corrected chi connectivity index (χ3v) is 7.91. The third kappa shape index (κ3) is 6.28. The smallest absolute Gasteiger partial charge is 0.255 e. The Hall–Kier alpha value is -4.17. The highest BCUT2D eigenvalue weighted by atomic mass is 35.5. The zero-order valence-electron chi connectivity index (χ0n) is 22.9. The number of halogens is 1. The molecule has 1 aromatic heterocycles. The number of carbonyl (C=O) groups excluding carboxylic acids is 1. The van der Waals surface area contributed by atoms with Gasteiger partial charge in [-0.3, -0.25) is 4.79 Å². The molecule has 1 amide bonds. The summed E-state index contributed by atoms with van der Waals surface area (Å²) in [5.41, 5.74) is 6.36. The zero-order valence-corrected chi connectivity index (χ0v) is 23.7. The van der Waals surface area contributed by atoms with Crippen LogP contribution < -0.4 is 5.32 Å². The fourth-order valence-electron chi connectivity index (χ4n) is 5.17. The predicted octanol–water partition coefficient (Wildman–Crippen LogP) is 6.30. The molecule has 1 aliphatic heterocycles. The van der Waals surface area contributed by atoms with Crippen LogP contribution in [0.5, 0.6) is 5.75 Å². The van der Waals surface area contributed by atoms with Crippen LogP contribution >= 0.6 is 11.6 Å². The van der Waals surface area contributed by atoms with Crippen molar-refractivity contribution in [2.75, 3.05) is 45.1 Å². The van der Waals surface area contributed by atoms with Gasteiger partial charge in [0.25, 0.3) is 5.91 Å². The Balaban J connectivity index is 1.14. The third-order valence-electron chi connectivity index (χ3n) is 7.68. The normalized spacial score (nSPS) is 14.4. The number of nitrogens with zero attached hydrogens (tertiary/aromatic N) is 3. The summed E-state index contributed by atoms with van der Waals surface area (Å²) in [5, 5.41) is 14.2. The van der Waals surface area contributed by atoms with E-state index in [0.29, 0.717) is 33.0 Å². The number of fused-ring (bicyclic) bond motifs is 1. The number of aromatic nitrogens is 2. The summed E-state index contributed by atoms with van der Waals surface area (Å²) in [6.45, 7) is 5.52. The maximum Gasteiger partial charge on any atom is 0.255 e. The Bertz CT molecular complexity index is 1690. The van der Waals surface area contributed by atoms with Gasteiger partial charge in [-0.05, 0) is 84.8 Å². The molecule has 1 aliphatic rings. The van der Waals surface area contributed by atoms with Gasteiger partial charge in [-0.25, -0.2) is 4.98 Å². The molecule has 0 aliphatic carbocycles. The van der Waals surface area contributed by atoms with Crippen molar-refractivity contribution in [3.05, 3.63) is 101 Å². The van der Waals surface area contributed by atoms with E-state index in [4.69, 9.17) is 11.6 Å². The number of benzene rings is 4. The molecule has 0 radical (unpaired) electrons. The standard InChI is InChI=1S/C33H32ClN5O2/c1-38-15-17-39(18-16-38)14-13-22-5-9-27(10-6-22)35-33(41)25-7-11-29-30(21-25)37-32(36-29)28-20-24(8-12-31(28)40)23-3-2-4-26(34)19-23/h2-12,19-21,40H,13-18H2,1H3,(H,35,41)(H,36,37). The molecule has 3 N–H and O–H groups in total. The van der Waals surface area contributed by atoms with E-state index in [1.807, 2.05) is 54.6 Å². The van der Waals surface area contributed by atoms with E-state index in [2.05, 4.69) is 44.3 Å². The highest BCUT2D eigenvalue weighted by molar-refractivity contribution is 6.30. The molecule has 1 saturated heterocycles. The van der Waals surface area contributed by atoms with Crippen LogP contribution in [-0.2, 0) is 6.42 Å². The molecule has 1 fully saturated rings. The van der Waals surface area contributed by atoms with E-state index in [9.17, 15) is 9.90 Å². The summed E-state index contributed by atoms with van der Waals surface area (Å²) < 4.78 is 0. The van der Waals surface area contributed by atoms with Gasteiger partial charge in [0.05, 0.1) is 16.6 Å². The Morgan fingerprint density at radius 1 is 0.951 bits per heavy atom. The van der Waals surface area contributed by atoms with Crippen LogP contribution in [0.4, 0.5) is 5.69 Å². The molecule has 0 bridgehead atoms. The van der Waals surface area contributed by atoms with E-state index in [1.165, 1.54) is 5.56 Å². The molecule has 0 saturated carbocycles. The summed E-state index contributed by atoms with van der Waals surface area (Å²) in [4.78, 5) is 25.9. The van der Waals surface area contributed by atoms with Crippen molar-refractivity contribution in [1.82, 2.24) is 19.8 Å². The van der Waals surface area contributed by atoms with Gasteiger partial charge in [0.2, 0.25) is 0 Å². The van der Waals surface area contributed by atoms with Crippen molar-refractivity contribution in [3.8, 4) is 28.3 Å². The van der Waals surface area contributed by atoms with Crippen LogP contribution in [0.2, 0.25) is 5.02 Å². The first-order valence-corrected chi connectivity index (χ1v) is 14.2. The molecule has 0 atom stereocenters. The number of aromatic amines is 1. The molecule has 7 nitrogen and oxygen atoms in total. The quantitative estimate of drug-likeness (QED) is 0.216. The SMILES string of the molecule is CN1CCN(CCc2ccc(NC(=O)c3ccc4nc(-c5cc(-c6cccc(Cl)c6)ccc5O)[nH]c4c3)cc2)CC1. The predicted molar refractivity (Wildman–Crippen MR) is 166 cm³/mol. The van der Waals surface area contributed by atoms with E-state index >= 15 is 0 Å². The molecular formula is C33H32ClN5O2. The average molecular weight is 566 g/mol. The van der Waals surface area contributed by atoms with Crippen molar-refractivity contribution in [3.63, 3.8) is 0 Å². The molecule has 6 rings (SSSR count). The van der Waals surface area contributed by atoms with Crippen LogP contribution in [0.1, 0.15) is 15.9 Å². The van der Waals surface area contributed by atoms with Crippen LogP contribution in [0.3, 0.4) is 0 Å². The van der Waals surface area contributed by atoms with Gasteiger partial charge in [-0.15, -0.1) is 0 Å². The number of rotatable bonds is 7. The van der Waals surface area contributed by atoms with Gasteiger partial charge in [0.1, 0.15) is 11.6 Å². The molecule has 208 valence electrons. The lowest BCUT2D eigenvalue weighted by Gasteiger charge is -2.32. The molecule has 4 aromatic carbocycles. The summed E-state index contributed by atoms with van der Waals surface area (Å²) in [6.07, 6.45) is 0.994. The average Bonchev–Trinajstić information content (AvgIpc) is 3.41. The maximum absolute atomic E-state index is 13.1. The summed E-state index contributed by atoms with van der Waals surface area (Å²) in [7, 11) is 2.17. The van der Waals surface area contributed by atoms with Gasteiger partial charge in [0, 0.05) is 49.0 Å². The number of anilines is 1. The van der Waals surface area contributed by atoms with E-state index in [1.54, 1.807) is 18.2 Å². The molecule has 8 heteroatoms. The topological polar surface area (TPSA) is 84.5 Å². The maximum atomic E-state index is 13.1. The molecule has 0 spiro atoms. The second kappa shape index (κ2) is 11.7. The van der Waals surface area contributed by atoms with Gasteiger partial charge in [-0.1, -0.05) is 41.9 Å². The lowest BCUT2D eigenvalue weighted by molar-refractivity contribution is 0.102. The number of hydrogen-bond donors (Lipinski definition) is 3. The summed E-state index contributed by atoms with van der Waals surface area (Å²) in [5.74, 6) is 0.435. The lowest BCUT2D eigenvalue weighted by Crippen LogP contribution is -2.45. The summed E-state index contributed by atoms with van der Waals surface area (Å²) >= 11 is 6.17. The number of imidazole rings is 1. The zero-order chi connectivity index (χ0) is 28.3. The number of phenolic OH excluding ortho intramolecular Hbond substituents is 1. The second-order valence-electron chi connectivity index (χ2n) is 10.6. The molecule has 41 heavy (non-hydrogen) atoms. The number of hydrogen-bond acceptors (Lipinski definition) is 5. The van der Waals surface area contributed by atoms with Crippen molar-refractivity contribution < 1.29 is 9.90 Å². The van der Waals surface area contributed by atoms with Crippen molar-refractivity contribution in [2.45, 2.75) is 6.42 Å². The number of amides is 1. The van der Waals surface area contributed by atoms with Gasteiger partial charge in [-0.2, -0.15) is 0 Å². The van der Waals surface area contributed by atoms with Crippen LogP contribution in [0, 0.1) is 0 Å². The first-order chi connectivity index (χ1) is 19.9. The van der Waals surface area contributed by atoms with Crippen molar-refractivity contribution in [2.24, 2.45) is 0 Å². The lowest BCUT2D eigenvalue weighted by atomic mass is 10.0. The van der Waals surface area contributed by atoms with Crippen LogP contribution in [0.25, 0.3) is 33.5 Å². The van der Waals surface area contributed by atoms with Crippen molar-refractivity contribution >= 4 is 34.2 Å². The fraction of sp³-hybridized carbons (Fsp3) is 0.212. The first kappa shape index (κ1) is 27.0. The van der Waals surface area contributed by atoms with Gasteiger partial charge < -0.3 is 25.2 Å². The number of H-pyrrole nitrogens is 1. The van der Waals surface area contributed by atoms with Gasteiger partial charge >= 0.3 is 0 Å². The van der Waals surface area contributed by atoms with E-state index < -0.39 is 0 Å². The van der Waals surface area contributed by atoms with Crippen LogP contribution in [-0.4, -0.2) is 70.6 Å². The molecule has 2 heterocycles. The number of carbonyl (C=O) groups is 1. The highest BCUT2D eigenvalue weighted by Gasteiger charge is 2.15. The van der Waals surface area contributed by atoms with Gasteiger partial charge in [0.15, 0.2) is 0 Å². The number of aromatic hydroxyl groups is 1. The minimum atomic E-state index is -0.195. The number of phenols is 1. The second-order valence-corrected chi connectivity index (χ2v) is 11.0. The highest BCUT2D eigenvalue weighted by Crippen LogP contribution is 2.34. The number of piperazine rings is 1. The minimum absolute atomic E-state index is 0.111. The Morgan fingerprint density at radius 3 is 2.51 bits per heavy atom. The molecule has 0 unspecified atom stereocenters. The number of nitrogens with one attached hydrogen (secondary N) is 2. The molecule has 5 aromatic rings. The minimum Gasteiger partial charge on any atom is -0.507 e. The van der Waals surface area contributed by atoms with Crippen molar-refractivity contribution in [1.29, 1.82) is 0 Å². The van der Waals surface area contributed by atoms with E-state index in [0.717, 1.165) is 56.0 Å². The Labute approximate surface area is 244 Å². The summed E-state index contributed by atoms with van der Waals surface area (Å²) in [6, 6.07) is 26.4. The Morgan fingerprint density at radius 2 is 1.73 bits per heavy atom. The largest absolute Gasteiger partial charge is 0.507 e. The van der Waals surface area contributed by atoms with E-state index in [-0.39, 0.29) is 11.7 Å². The van der Waals surface area contributed by atoms with Crippen LogP contribution in [0.15, 0.2) is 84.9 Å². The monoisotopic (exact) mass is 565 g/mol. The fourth-order valence-corrected chi connectivity index (χ4v) is 5.36. The molecular weight excluding hydrogens is 534 g/mol.